The van der Waals surface area contributed by atoms with Crippen molar-refractivity contribution in [1.29, 1.82) is 0 Å². The number of benzene rings is 2. The Bertz CT molecular complexity index is 453. The predicted octanol–water partition coefficient (Wildman–Crippen LogP) is 2.81. The van der Waals surface area contributed by atoms with Gasteiger partial charge in [0.15, 0.2) is 0 Å². The van der Waals surface area contributed by atoms with Crippen molar-refractivity contribution in [2.75, 3.05) is 12.4 Å². The van der Waals surface area contributed by atoms with Crippen molar-refractivity contribution in [3.05, 3.63) is 65.7 Å². The molecule has 2 rings (SSSR count). The first-order valence-corrected chi connectivity index (χ1v) is 5.32. The van der Waals surface area contributed by atoms with Gasteiger partial charge in [-0.15, -0.1) is 0 Å². The molecule has 0 saturated heterocycles. The van der Waals surface area contributed by atoms with Crippen LogP contribution in [0.4, 0.5) is 5.69 Å². The Morgan fingerprint density at radius 3 is 2.31 bits per heavy atom. The zero-order valence-electron chi connectivity index (χ0n) is 9.22. The van der Waals surface area contributed by atoms with Crippen molar-refractivity contribution in [3.63, 3.8) is 0 Å². The highest BCUT2D eigenvalue weighted by Crippen LogP contribution is 2.23. The van der Waals surface area contributed by atoms with E-state index in [-0.39, 0.29) is 0 Å². The number of aliphatic hydroxyl groups is 1. The molecule has 2 aromatic rings. The molecule has 0 bridgehead atoms. The second-order valence-electron chi connectivity index (χ2n) is 3.69. The Kier molecular flexibility index (Phi) is 3.22. The number of nitrogens with one attached hydrogen (secondary N) is 1. The summed E-state index contributed by atoms with van der Waals surface area (Å²) in [6, 6.07) is 17.5. The van der Waals surface area contributed by atoms with Crippen LogP contribution in [-0.2, 0) is 0 Å². The van der Waals surface area contributed by atoms with Gasteiger partial charge in [-0.25, -0.2) is 0 Å². The molecular formula is C14H15NO. The van der Waals surface area contributed by atoms with Gasteiger partial charge in [-0.2, -0.15) is 0 Å². The van der Waals surface area contributed by atoms with Gasteiger partial charge in [0, 0.05) is 12.7 Å². The quantitative estimate of drug-likeness (QED) is 0.821. The van der Waals surface area contributed by atoms with E-state index in [0.29, 0.717) is 0 Å². The predicted molar refractivity (Wildman–Crippen MR) is 66.5 cm³/mol. The van der Waals surface area contributed by atoms with Gasteiger partial charge < -0.3 is 10.4 Å². The lowest BCUT2D eigenvalue weighted by molar-refractivity contribution is 0.220. The minimum Gasteiger partial charge on any atom is -0.388 e. The van der Waals surface area contributed by atoms with Gasteiger partial charge in [-0.1, -0.05) is 42.5 Å². The molecule has 0 aliphatic rings. The number of hydrogen-bond acceptors (Lipinski definition) is 2. The third-order valence-corrected chi connectivity index (χ3v) is 2.61. The van der Waals surface area contributed by atoms with E-state index < -0.39 is 6.10 Å². The third kappa shape index (κ3) is 2.23. The average Bonchev–Trinajstić information content (AvgIpc) is 2.39. The summed E-state index contributed by atoms with van der Waals surface area (Å²) in [4.78, 5) is 0. The molecule has 82 valence electrons. The molecule has 2 aromatic carbocycles. The highest BCUT2D eigenvalue weighted by molar-refractivity contribution is 5.47. The van der Waals surface area contributed by atoms with Crippen LogP contribution in [0.5, 0.6) is 0 Å². The largest absolute Gasteiger partial charge is 0.388 e. The van der Waals surface area contributed by atoms with E-state index in [1.54, 1.807) is 0 Å². The van der Waals surface area contributed by atoms with Gasteiger partial charge in [0.2, 0.25) is 0 Å². The summed E-state index contributed by atoms with van der Waals surface area (Å²) in [5, 5.41) is 13.2. The summed E-state index contributed by atoms with van der Waals surface area (Å²) < 4.78 is 0. The van der Waals surface area contributed by atoms with Gasteiger partial charge in [0.05, 0.1) is 0 Å². The van der Waals surface area contributed by atoms with Crippen LogP contribution in [0.25, 0.3) is 0 Å². The van der Waals surface area contributed by atoms with Gasteiger partial charge >= 0.3 is 0 Å². The lowest BCUT2D eigenvalue weighted by Crippen LogP contribution is -2.00. The molecule has 2 heteroatoms. The highest BCUT2D eigenvalue weighted by atomic mass is 16.3. The van der Waals surface area contributed by atoms with Crippen molar-refractivity contribution in [3.8, 4) is 0 Å². The third-order valence-electron chi connectivity index (χ3n) is 2.61. The first-order valence-electron chi connectivity index (χ1n) is 5.32. The van der Waals surface area contributed by atoms with Gasteiger partial charge in [0.1, 0.15) is 6.10 Å². The molecule has 0 aromatic heterocycles. The number of rotatable bonds is 3. The van der Waals surface area contributed by atoms with Crippen LogP contribution in [0, 0.1) is 0 Å². The monoisotopic (exact) mass is 213 g/mol. The van der Waals surface area contributed by atoms with E-state index in [1.165, 1.54) is 0 Å². The normalized spacial score (nSPS) is 12.1. The van der Waals surface area contributed by atoms with E-state index in [0.717, 1.165) is 16.8 Å². The van der Waals surface area contributed by atoms with Gasteiger partial charge in [0.25, 0.3) is 0 Å². The van der Waals surface area contributed by atoms with Crippen LogP contribution < -0.4 is 5.32 Å². The molecule has 0 fully saturated rings. The smallest absolute Gasteiger partial charge is 0.104 e. The lowest BCUT2D eigenvalue weighted by Gasteiger charge is -2.12. The van der Waals surface area contributed by atoms with E-state index in [9.17, 15) is 5.11 Å². The van der Waals surface area contributed by atoms with Crippen LogP contribution in [0.15, 0.2) is 54.6 Å². The maximum Gasteiger partial charge on any atom is 0.104 e. The molecule has 2 nitrogen and oxygen atoms in total. The average molecular weight is 213 g/mol. The van der Waals surface area contributed by atoms with Gasteiger partial charge in [-0.05, 0) is 23.3 Å². The first kappa shape index (κ1) is 10.7. The van der Waals surface area contributed by atoms with Crippen molar-refractivity contribution < 1.29 is 5.11 Å². The molecule has 2 N–H and O–H groups in total. The Balaban J connectivity index is 2.30. The van der Waals surface area contributed by atoms with Crippen molar-refractivity contribution >= 4 is 5.69 Å². The Morgan fingerprint density at radius 1 is 0.938 bits per heavy atom. The minimum atomic E-state index is -0.561. The number of anilines is 1. The van der Waals surface area contributed by atoms with E-state index >= 15 is 0 Å². The molecule has 1 atom stereocenters. The summed E-state index contributed by atoms with van der Waals surface area (Å²) >= 11 is 0. The van der Waals surface area contributed by atoms with Crippen LogP contribution in [0.3, 0.4) is 0 Å². The fourth-order valence-corrected chi connectivity index (χ4v) is 1.69. The van der Waals surface area contributed by atoms with E-state index in [2.05, 4.69) is 5.32 Å². The van der Waals surface area contributed by atoms with Crippen molar-refractivity contribution in [2.24, 2.45) is 0 Å². The molecule has 0 heterocycles. The number of aliphatic hydroxyl groups excluding tert-OH is 1. The lowest BCUT2D eigenvalue weighted by atomic mass is 10.0. The molecule has 0 spiro atoms. The van der Waals surface area contributed by atoms with Crippen LogP contribution in [0.2, 0.25) is 0 Å². The molecular weight excluding hydrogens is 198 g/mol. The molecule has 0 radical (unpaired) electrons. The standard InChI is InChI=1S/C14H15NO/c1-15-13-9-5-8-12(10-13)14(16)11-6-3-2-4-7-11/h2-10,14-16H,1H3. The molecule has 0 saturated carbocycles. The molecule has 0 aliphatic heterocycles. The molecule has 0 aliphatic carbocycles. The van der Waals surface area contributed by atoms with Crippen LogP contribution in [-0.4, -0.2) is 12.2 Å². The highest BCUT2D eigenvalue weighted by Gasteiger charge is 2.09. The maximum atomic E-state index is 10.2. The van der Waals surface area contributed by atoms with Crippen LogP contribution in [0.1, 0.15) is 17.2 Å². The zero-order chi connectivity index (χ0) is 11.4. The summed E-state index contributed by atoms with van der Waals surface area (Å²) in [6.45, 7) is 0. The first-order chi connectivity index (χ1) is 7.81. The van der Waals surface area contributed by atoms with E-state index in [1.807, 2.05) is 61.6 Å². The summed E-state index contributed by atoms with van der Waals surface area (Å²) in [6.07, 6.45) is -0.561. The fraction of sp³-hybridized carbons (Fsp3) is 0.143. The fourth-order valence-electron chi connectivity index (χ4n) is 1.69. The van der Waals surface area contributed by atoms with Gasteiger partial charge in [-0.3, -0.25) is 0 Å². The van der Waals surface area contributed by atoms with Crippen molar-refractivity contribution in [1.82, 2.24) is 0 Å². The number of hydrogen-bond donors (Lipinski definition) is 2. The summed E-state index contributed by atoms with van der Waals surface area (Å²) in [5.74, 6) is 0. The molecule has 0 amide bonds. The second-order valence-corrected chi connectivity index (χ2v) is 3.69. The molecule has 1 unspecified atom stereocenters. The minimum absolute atomic E-state index is 0.561. The second kappa shape index (κ2) is 4.81. The Hall–Kier alpha value is -1.80. The summed E-state index contributed by atoms with van der Waals surface area (Å²) in [5.41, 5.74) is 2.82. The van der Waals surface area contributed by atoms with E-state index in [4.69, 9.17) is 0 Å². The molecule has 16 heavy (non-hydrogen) atoms. The summed E-state index contributed by atoms with van der Waals surface area (Å²) in [7, 11) is 1.87. The van der Waals surface area contributed by atoms with Crippen molar-refractivity contribution in [2.45, 2.75) is 6.10 Å². The topological polar surface area (TPSA) is 32.3 Å². The Labute approximate surface area is 95.6 Å². The maximum absolute atomic E-state index is 10.2. The zero-order valence-corrected chi connectivity index (χ0v) is 9.22. The van der Waals surface area contributed by atoms with Crippen LogP contribution >= 0.6 is 0 Å². The SMILES string of the molecule is CNc1cccc(C(O)c2ccccc2)c1. The Morgan fingerprint density at radius 2 is 1.62 bits per heavy atom.